The summed E-state index contributed by atoms with van der Waals surface area (Å²) in [5.74, 6) is -0.481. The normalized spacial score (nSPS) is 10.5. The minimum absolute atomic E-state index is 0.137. The molecule has 2 amide bonds. The minimum Gasteiger partial charge on any atom is -0.323 e. The summed E-state index contributed by atoms with van der Waals surface area (Å²) in [6.45, 7) is 3.78. The van der Waals surface area contributed by atoms with Crippen LogP contribution in [0, 0.1) is 6.92 Å². The first-order valence-corrected chi connectivity index (χ1v) is 7.05. The molecule has 0 unspecified atom stereocenters. The van der Waals surface area contributed by atoms with Crippen LogP contribution in [0.5, 0.6) is 0 Å². The first-order valence-electron chi connectivity index (χ1n) is 7.05. The summed E-state index contributed by atoms with van der Waals surface area (Å²) < 4.78 is 3.10. The van der Waals surface area contributed by atoms with E-state index in [1.807, 2.05) is 13.8 Å². The number of carbonyl (C=O) groups is 2. The standard InChI is InChI=1S/C14H20N6O2/c1-5-6-12(21)17-11-8-16-20(4)13(11)14(22)18-10-7-15-19(3)9(10)2/h7-8H,5-6H2,1-4H3,(H,17,21)(H,18,22). The van der Waals surface area contributed by atoms with Crippen molar-refractivity contribution in [1.82, 2.24) is 19.6 Å². The second-order valence-corrected chi connectivity index (χ2v) is 5.05. The summed E-state index contributed by atoms with van der Waals surface area (Å²) in [7, 11) is 3.45. The molecule has 0 fully saturated rings. The van der Waals surface area contributed by atoms with Gasteiger partial charge in [0.15, 0.2) is 0 Å². The van der Waals surface area contributed by atoms with E-state index in [2.05, 4.69) is 20.8 Å². The lowest BCUT2D eigenvalue weighted by Crippen LogP contribution is -2.20. The smallest absolute Gasteiger partial charge is 0.276 e. The fourth-order valence-corrected chi connectivity index (χ4v) is 2.04. The zero-order valence-electron chi connectivity index (χ0n) is 13.2. The molecule has 0 radical (unpaired) electrons. The van der Waals surface area contributed by atoms with Gasteiger partial charge in [-0.05, 0) is 13.3 Å². The molecular formula is C14H20N6O2. The van der Waals surface area contributed by atoms with E-state index in [9.17, 15) is 9.59 Å². The monoisotopic (exact) mass is 304 g/mol. The van der Waals surface area contributed by atoms with Crippen molar-refractivity contribution in [2.75, 3.05) is 10.6 Å². The van der Waals surface area contributed by atoms with E-state index in [0.717, 1.165) is 12.1 Å². The Kier molecular flexibility index (Phi) is 4.59. The van der Waals surface area contributed by atoms with Gasteiger partial charge < -0.3 is 10.6 Å². The van der Waals surface area contributed by atoms with E-state index < -0.39 is 0 Å². The van der Waals surface area contributed by atoms with Crippen molar-refractivity contribution in [1.29, 1.82) is 0 Å². The number of nitrogens with zero attached hydrogens (tertiary/aromatic N) is 4. The Morgan fingerprint density at radius 3 is 2.32 bits per heavy atom. The molecule has 0 atom stereocenters. The van der Waals surface area contributed by atoms with Gasteiger partial charge in [0.2, 0.25) is 5.91 Å². The number of hydrogen-bond acceptors (Lipinski definition) is 4. The molecule has 2 rings (SSSR count). The summed E-state index contributed by atoms with van der Waals surface area (Å²) in [6, 6.07) is 0. The van der Waals surface area contributed by atoms with Crippen LogP contribution in [-0.2, 0) is 18.9 Å². The van der Waals surface area contributed by atoms with Crippen molar-refractivity contribution in [2.24, 2.45) is 14.1 Å². The van der Waals surface area contributed by atoms with Gasteiger partial charge in [-0.2, -0.15) is 10.2 Å². The number of aromatic nitrogens is 4. The van der Waals surface area contributed by atoms with E-state index in [0.29, 0.717) is 23.5 Å². The third-order valence-electron chi connectivity index (χ3n) is 3.39. The Balaban J connectivity index is 2.20. The molecule has 0 aromatic carbocycles. The van der Waals surface area contributed by atoms with Crippen LogP contribution < -0.4 is 10.6 Å². The van der Waals surface area contributed by atoms with Crippen molar-refractivity contribution >= 4 is 23.2 Å². The molecular weight excluding hydrogens is 284 g/mol. The Labute approximate surface area is 128 Å². The molecule has 22 heavy (non-hydrogen) atoms. The van der Waals surface area contributed by atoms with Crippen molar-refractivity contribution in [3.8, 4) is 0 Å². The first-order chi connectivity index (χ1) is 10.4. The Hall–Kier alpha value is -2.64. The molecule has 0 aliphatic heterocycles. The summed E-state index contributed by atoms with van der Waals surface area (Å²) in [6.07, 6.45) is 4.19. The first kappa shape index (κ1) is 15.7. The van der Waals surface area contributed by atoms with Crippen molar-refractivity contribution in [3.05, 3.63) is 23.8 Å². The molecule has 0 spiro atoms. The minimum atomic E-state index is -0.345. The van der Waals surface area contributed by atoms with Crippen LogP contribution in [0.3, 0.4) is 0 Å². The fourth-order valence-electron chi connectivity index (χ4n) is 2.04. The molecule has 0 bridgehead atoms. The highest BCUT2D eigenvalue weighted by molar-refractivity contribution is 6.09. The number of carbonyl (C=O) groups excluding carboxylic acids is 2. The Morgan fingerprint density at radius 1 is 1.09 bits per heavy atom. The molecule has 2 heterocycles. The van der Waals surface area contributed by atoms with E-state index in [-0.39, 0.29) is 11.8 Å². The maximum Gasteiger partial charge on any atom is 0.276 e. The zero-order chi connectivity index (χ0) is 16.3. The van der Waals surface area contributed by atoms with Crippen molar-refractivity contribution < 1.29 is 9.59 Å². The highest BCUT2D eigenvalue weighted by Crippen LogP contribution is 2.18. The number of aryl methyl sites for hydroxylation is 2. The van der Waals surface area contributed by atoms with Gasteiger partial charge in [-0.25, -0.2) is 0 Å². The van der Waals surface area contributed by atoms with Crippen LogP contribution >= 0.6 is 0 Å². The molecule has 8 nitrogen and oxygen atoms in total. The summed E-state index contributed by atoms with van der Waals surface area (Å²) in [4.78, 5) is 24.2. The van der Waals surface area contributed by atoms with Gasteiger partial charge in [0.25, 0.3) is 5.91 Å². The quantitative estimate of drug-likeness (QED) is 0.874. The number of anilines is 2. The van der Waals surface area contributed by atoms with E-state index >= 15 is 0 Å². The molecule has 2 N–H and O–H groups in total. The van der Waals surface area contributed by atoms with Gasteiger partial charge in [-0.3, -0.25) is 19.0 Å². The van der Waals surface area contributed by atoms with Crippen LogP contribution in [-0.4, -0.2) is 31.4 Å². The molecule has 0 saturated heterocycles. The van der Waals surface area contributed by atoms with Gasteiger partial charge >= 0.3 is 0 Å². The van der Waals surface area contributed by atoms with Crippen LogP contribution in [0.25, 0.3) is 0 Å². The third-order valence-corrected chi connectivity index (χ3v) is 3.39. The van der Waals surface area contributed by atoms with Gasteiger partial charge in [0.05, 0.1) is 29.5 Å². The fraction of sp³-hybridized carbons (Fsp3) is 0.429. The summed E-state index contributed by atoms with van der Waals surface area (Å²) >= 11 is 0. The molecule has 2 aromatic rings. The summed E-state index contributed by atoms with van der Waals surface area (Å²) in [5.41, 5.74) is 2.17. The van der Waals surface area contributed by atoms with Gasteiger partial charge in [-0.1, -0.05) is 6.92 Å². The highest BCUT2D eigenvalue weighted by Gasteiger charge is 2.19. The van der Waals surface area contributed by atoms with E-state index in [4.69, 9.17) is 0 Å². The number of rotatable bonds is 5. The average molecular weight is 304 g/mol. The van der Waals surface area contributed by atoms with Crippen molar-refractivity contribution in [3.63, 3.8) is 0 Å². The van der Waals surface area contributed by atoms with Crippen LogP contribution in [0.1, 0.15) is 35.9 Å². The lowest BCUT2D eigenvalue weighted by atomic mass is 10.3. The number of amides is 2. The molecule has 0 saturated carbocycles. The van der Waals surface area contributed by atoms with E-state index in [1.54, 1.807) is 25.0 Å². The molecule has 2 aromatic heterocycles. The van der Waals surface area contributed by atoms with Crippen LogP contribution in [0.4, 0.5) is 11.4 Å². The second-order valence-electron chi connectivity index (χ2n) is 5.05. The predicted octanol–water partition coefficient (Wildman–Crippen LogP) is 1.45. The molecule has 0 aliphatic rings. The average Bonchev–Trinajstić information content (AvgIpc) is 2.96. The van der Waals surface area contributed by atoms with Crippen molar-refractivity contribution in [2.45, 2.75) is 26.7 Å². The highest BCUT2D eigenvalue weighted by atomic mass is 16.2. The molecule has 118 valence electrons. The predicted molar refractivity (Wildman–Crippen MR) is 82.6 cm³/mol. The third kappa shape index (κ3) is 3.16. The molecule has 0 aliphatic carbocycles. The number of nitrogens with one attached hydrogen (secondary N) is 2. The summed E-state index contributed by atoms with van der Waals surface area (Å²) in [5, 5.41) is 13.6. The van der Waals surface area contributed by atoms with E-state index in [1.165, 1.54) is 10.9 Å². The maximum atomic E-state index is 12.5. The van der Waals surface area contributed by atoms with Gasteiger partial charge in [-0.15, -0.1) is 0 Å². The van der Waals surface area contributed by atoms with Gasteiger partial charge in [0.1, 0.15) is 5.69 Å². The topological polar surface area (TPSA) is 93.8 Å². The lowest BCUT2D eigenvalue weighted by Gasteiger charge is -2.08. The zero-order valence-corrected chi connectivity index (χ0v) is 13.2. The lowest BCUT2D eigenvalue weighted by molar-refractivity contribution is -0.116. The van der Waals surface area contributed by atoms with Crippen LogP contribution in [0.2, 0.25) is 0 Å². The molecule has 8 heteroatoms. The SMILES string of the molecule is CCCC(=O)Nc1cnn(C)c1C(=O)Nc1cnn(C)c1C. The maximum absolute atomic E-state index is 12.5. The second kappa shape index (κ2) is 6.42. The Bertz CT molecular complexity index is 700. The largest absolute Gasteiger partial charge is 0.323 e. The van der Waals surface area contributed by atoms with Crippen LogP contribution in [0.15, 0.2) is 12.4 Å². The van der Waals surface area contributed by atoms with Gasteiger partial charge in [0, 0.05) is 20.5 Å². The Morgan fingerprint density at radius 2 is 1.73 bits per heavy atom. The number of hydrogen-bond donors (Lipinski definition) is 2.